The van der Waals surface area contributed by atoms with Crippen LogP contribution in [-0.4, -0.2) is 15.7 Å². The summed E-state index contributed by atoms with van der Waals surface area (Å²) in [5.74, 6) is 0.396. The van der Waals surface area contributed by atoms with Gasteiger partial charge in [0.25, 0.3) is 0 Å². The standard InChI is InChI=1S/C18H29NO/c1-2-3-4-7-12-18(20)13-8-5-10-16(18)15-17-11-6-9-14-19-17/h6,9,11,14,16,20H,2-5,7-8,10,12-13,15H2,1H3/t16-,18-/m1/s1. The van der Waals surface area contributed by atoms with Crippen LogP contribution in [0.2, 0.25) is 0 Å². The minimum atomic E-state index is -0.441. The average Bonchev–Trinajstić information content (AvgIpc) is 2.48. The van der Waals surface area contributed by atoms with Gasteiger partial charge in [0.2, 0.25) is 0 Å². The van der Waals surface area contributed by atoms with Gasteiger partial charge >= 0.3 is 0 Å². The van der Waals surface area contributed by atoms with Gasteiger partial charge in [-0.3, -0.25) is 4.98 Å². The van der Waals surface area contributed by atoms with Gasteiger partial charge in [-0.2, -0.15) is 0 Å². The molecule has 2 rings (SSSR count). The highest BCUT2D eigenvalue weighted by Crippen LogP contribution is 2.39. The minimum Gasteiger partial charge on any atom is -0.390 e. The quantitative estimate of drug-likeness (QED) is 0.742. The summed E-state index contributed by atoms with van der Waals surface area (Å²) in [5, 5.41) is 11.1. The molecular weight excluding hydrogens is 246 g/mol. The third kappa shape index (κ3) is 4.31. The van der Waals surface area contributed by atoms with E-state index in [-0.39, 0.29) is 0 Å². The van der Waals surface area contributed by atoms with E-state index in [0.717, 1.165) is 31.4 Å². The fraction of sp³-hybridized carbons (Fsp3) is 0.722. The first kappa shape index (κ1) is 15.5. The first-order valence-corrected chi connectivity index (χ1v) is 8.37. The number of aromatic nitrogens is 1. The normalized spacial score (nSPS) is 26.6. The van der Waals surface area contributed by atoms with E-state index in [2.05, 4.69) is 18.0 Å². The van der Waals surface area contributed by atoms with Gasteiger partial charge in [-0.1, -0.05) is 51.5 Å². The molecule has 0 unspecified atom stereocenters. The smallest absolute Gasteiger partial charge is 0.0679 e. The zero-order valence-electron chi connectivity index (χ0n) is 12.9. The Labute approximate surface area is 123 Å². The van der Waals surface area contributed by atoms with Gasteiger partial charge in [-0.15, -0.1) is 0 Å². The number of rotatable bonds is 7. The molecule has 0 aromatic carbocycles. The Balaban J connectivity index is 1.93. The van der Waals surface area contributed by atoms with E-state index in [4.69, 9.17) is 0 Å². The summed E-state index contributed by atoms with van der Waals surface area (Å²) in [5.41, 5.74) is 0.690. The highest BCUT2D eigenvalue weighted by atomic mass is 16.3. The topological polar surface area (TPSA) is 33.1 Å². The van der Waals surface area contributed by atoms with Crippen molar-refractivity contribution < 1.29 is 5.11 Å². The lowest BCUT2D eigenvalue weighted by atomic mass is 9.71. The fourth-order valence-corrected chi connectivity index (χ4v) is 3.55. The summed E-state index contributed by atoms with van der Waals surface area (Å²) in [6, 6.07) is 6.10. The first-order valence-electron chi connectivity index (χ1n) is 8.37. The van der Waals surface area contributed by atoms with E-state index < -0.39 is 5.60 Å². The van der Waals surface area contributed by atoms with Gasteiger partial charge in [0.05, 0.1) is 5.60 Å². The van der Waals surface area contributed by atoms with Crippen molar-refractivity contribution in [3.63, 3.8) is 0 Å². The van der Waals surface area contributed by atoms with E-state index in [1.54, 1.807) is 0 Å². The number of hydrogen-bond donors (Lipinski definition) is 1. The van der Waals surface area contributed by atoms with Gasteiger partial charge in [0.1, 0.15) is 0 Å². The monoisotopic (exact) mass is 275 g/mol. The Morgan fingerprint density at radius 2 is 2.15 bits per heavy atom. The summed E-state index contributed by atoms with van der Waals surface area (Å²) in [6.45, 7) is 2.24. The maximum Gasteiger partial charge on any atom is 0.0679 e. The Hall–Kier alpha value is -0.890. The van der Waals surface area contributed by atoms with E-state index in [1.807, 2.05) is 18.3 Å². The van der Waals surface area contributed by atoms with Crippen molar-refractivity contribution in [2.45, 2.75) is 76.7 Å². The Bertz CT molecular complexity index is 378. The molecule has 1 aliphatic carbocycles. The summed E-state index contributed by atoms with van der Waals surface area (Å²) >= 11 is 0. The predicted octanol–water partition coefficient (Wildman–Crippen LogP) is 4.52. The molecule has 1 saturated carbocycles. The Morgan fingerprint density at radius 3 is 2.90 bits per heavy atom. The van der Waals surface area contributed by atoms with Gasteiger partial charge < -0.3 is 5.11 Å². The number of nitrogens with zero attached hydrogens (tertiary/aromatic N) is 1. The molecule has 0 spiro atoms. The molecule has 2 nitrogen and oxygen atoms in total. The van der Waals surface area contributed by atoms with Crippen LogP contribution in [0.1, 0.15) is 70.4 Å². The molecule has 1 aromatic heterocycles. The molecule has 20 heavy (non-hydrogen) atoms. The van der Waals surface area contributed by atoms with Crippen LogP contribution in [0.4, 0.5) is 0 Å². The molecule has 0 radical (unpaired) electrons. The van der Waals surface area contributed by atoms with Crippen molar-refractivity contribution >= 4 is 0 Å². The van der Waals surface area contributed by atoms with Gasteiger partial charge in [-0.25, -0.2) is 0 Å². The maximum absolute atomic E-state index is 11.1. The Morgan fingerprint density at radius 1 is 1.25 bits per heavy atom. The van der Waals surface area contributed by atoms with Gasteiger partial charge in [0, 0.05) is 11.9 Å². The molecule has 1 aliphatic rings. The van der Waals surface area contributed by atoms with Crippen molar-refractivity contribution in [2.24, 2.45) is 5.92 Å². The van der Waals surface area contributed by atoms with E-state index in [9.17, 15) is 5.11 Å². The van der Waals surface area contributed by atoms with Gasteiger partial charge in [0.15, 0.2) is 0 Å². The van der Waals surface area contributed by atoms with Crippen molar-refractivity contribution in [3.8, 4) is 0 Å². The largest absolute Gasteiger partial charge is 0.390 e. The highest BCUT2D eigenvalue weighted by Gasteiger charge is 2.38. The third-order valence-corrected chi connectivity index (χ3v) is 4.82. The van der Waals surface area contributed by atoms with Crippen LogP contribution in [-0.2, 0) is 6.42 Å². The maximum atomic E-state index is 11.1. The molecule has 112 valence electrons. The van der Waals surface area contributed by atoms with Crippen LogP contribution in [0.15, 0.2) is 24.4 Å². The highest BCUT2D eigenvalue weighted by molar-refractivity contribution is 5.06. The summed E-state index contributed by atoms with van der Waals surface area (Å²) in [7, 11) is 0. The van der Waals surface area contributed by atoms with Crippen LogP contribution in [0, 0.1) is 5.92 Å². The molecule has 2 atom stereocenters. The molecular formula is C18H29NO. The zero-order chi connectivity index (χ0) is 14.3. The lowest BCUT2D eigenvalue weighted by Gasteiger charge is -2.40. The SMILES string of the molecule is CCCCCC[C@@]1(O)CCCC[C@@H]1Cc1ccccn1. The van der Waals surface area contributed by atoms with Gasteiger partial charge in [-0.05, 0) is 43.7 Å². The lowest BCUT2D eigenvalue weighted by Crippen LogP contribution is -2.41. The van der Waals surface area contributed by atoms with Crippen LogP contribution < -0.4 is 0 Å². The number of unbranched alkanes of at least 4 members (excludes halogenated alkanes) is 3. The minimum absolute atomic E-state index is 0.396. The number of pyridine rings is 1. The second kappa shape index (κ2) is 7.78. The predicted molar refractivity (Wildman–Crippen MR) is 83.6 cm³/mol. The van der Waals surface area contributed by atoms with Crippen LogP contribution >= 0.6 is 0 Å². The fourth-order valence-electron chi connectivity index (χ4n) is 3.55. The van der Waals surface area contributed by atoms with Crippen molar-refractivity contribution in [2.75, 3.05) is 0 Å². The molecule has 0 aliphatic heterocycles. The molecule has 1 fully saturated rings. The summed E-state index contributed by atoms with van der Waals surface area (Å²) in [6.07, 6.45) is 13.3. The first-order chi connectivity index (χ1) is 9.74. The molecule has 1 aromatic rings. The summed E-state index contributed by atoms with van der Waals surface area (Å²) < 4.78 is 0. The van der Waals surface area contributed by atoms with Crippen LogP contribution in [0.5, 0.6) is 0 Å². The lowest BCUT2D eigenvalue weighted by molar-refractivity contribution is -0.0567. The van der Waals surface area contributed by atoms with Crippen molar-refractivity contribution in [3.05, 3.63) is 30.1 Å². The second-order valence-corrected chi connectivity index (χ2v) is 6.38. The molecule has 1 heterocycles. The molecule has 0 saturated heterocycles. The second-order valence-electron chi connectivity index (χ2n) is 6.38. The molecule has 1 N–H and O–H groups in total. The molecule has 0 bridgehead atoms. The molecule has 0 amide bonds. The van der Waals surface area contributed by atoms with E-state index in [0.29, 0.717) is 5.92 Å². The third-order valence-electron chi connectivity index (χ3n) is 4.82. The Kier molecular flexibility index (Phi) is 6.03. The summed E-state index contributed by atoms with van der Waals surface area (Å²) in [4.78, 5) is 4.44. The van der Waals surface area contributed by atoms with Crippen LogP contribution in [0.3, 0.4) is 0 Å². The van der Waals surface area contributed by atoms with Crippen molar-refractivity contribution in [1.29, 1.82) is 0 Å². The van der Waals surface area contributed by atoms with Crippen molar-refractivity contribution in [1.82, 2.24) is 4.98 Å². The zero-order valence-corrected chi connectivity index (χ0v) is 12.9. The average molecular weight is 275 g/mol. The van der Waals surface area contributed by atoms with Crippen LogP contribution in [0.25, 0.3) is 0 Å². The number of hydrogen-bond acceptors (Lipinski definition) is 2. The van der Waals surface area contributed by atoms with E-state index >= 15 is 0 Å². The number of aliphatic hydroxyl groups is 1. The molecule has 2 heteroatoms. The van der Waals surface area contributed by atoms with E-state index in [1.165, 1.54) is 38.5 Å².